The fourth-order valence-corrected chi connectivity index (χ4v) is 3.05. The maximum Gasteiger partial charge on any atom is 0.227 e. The fraction of sp³-hybridized carbons (Fsp3) is 0.316. The van der Waals surface area contributed by atoms with Crippen LogP contribution in [0, 0.1) is 0 Å². The molecule has 7 nitrogen and oxygen atoms in total. The molecule has 2 N–H and O–H groups in total. The minimum absolute atomic E-state index is 0.0745. The number of furan rings is 1. The van der Waals surface area contributed by atoms with Gasteiger partial charge in [0.15, 0.2) is 0 Å². The van der Waals surface area contributed by atoms with Crippen LogP contribution < -0.4 is 10.6 Å². The molecule has 1 aromatic carbocycles. The lowest BCUT2D eigenvalue weighted by Crippen LogP contribution is -2.14. The van der Waals surface area contributed by atoms with Crippen LogP contribution in [0.15, 0.2) is 45.7 Å². The quantitative estimate of drug-likeness (QED) is 0.733. The van der Waals surface area contributed by atoms with Crippen LogP contribution in [0.2, 0.25) is 0 Å². The van der Waals surface area contributed by atoms with E-state index in [-0.39, 0.29) is 12.3 Å². The first-order chi connectivity index (χ1) is 12.8. The molecule has 7 heteroatoms. The van der Waals surface area contributed by atoms with E-state index in [2.05, 4.69) is 32.9 Å². The molecule has 1 aliphatic heterocycles. The van der Waals surface area contributed by atoms with E-state index in [0.29, 0.717) is 18.1 Å². The van der Waals surface area contributed by atoms with Crippen LogP contribution in [0.4, 0.5) is 5.69 Å². The molecule has 0 saturated carbocycles. The number of aromatic nitrogens is 2. The van der Waals surface area contributed by atoms with Gasteiger partial charge in [-0.3, -0.25) is 4.79 Å². The van der Waals surface area contributed by atoms with E-state index in [9.17, 15) is 4.79 Å². The largest absolute Gasteiger partial charge is 0.472 e. The molecule has 26 heavy (non-hydrogen) atoms. The van der Waals surface area contributed by atoms with Gasteiger partial charge in [0.25, 0.3) is 0 Å². The number of nitrogens with zero attached hydrogens (tertiary/aromatic N) is 2. The third kappa shape index (κ3) is 3.83. The molecule has 0 aliphatic carbocycles. The van der Waals surface area contributed by atoms with Crippen LogP contribution in [0.1, 0.15) is 29.9 Å². The van der Waals surface area contributed by atoms with Crippen molar-refractivity contribution in [2.24, 2.45) is 0 Å². The van der Waals surface area contributed by atoms with Gasteiger partial charge in [0, 0.05) is 25.1 Å². The number of nitrogens with one attached hydrogen (secondary N) is 2. The topological polar surface area (TPSA) is 93.2 Å². The number of amides is 1. The van der Waals surface area contributed by atoms with Crippen molar-refractivity contribution in [3.05, 3.63) is 53.8 Å². The van der Waals surface area contributed by atoms with Gasteiger partial charge in [0.2, 0.25) is 17.6 Å². The van der Waals surface area contributed by atoms with E-state index in [1.54, 1.807) is 18.6 Å². The Morgan fingerprint density at radius 3 is 3.12 bits per heavy atom. The zero-order chi connectivity index (χ0) is 17.8. The Balaban J connectivity index is 1.34. The molecule has 0 unspecified atom stereocenters. The average Bonchev–Trinajstić information content (AvgIpc) is 3.28. The molecule has 3 aromatic rings. The number of hydrogen-bond acceptors (Lipinski definition) is 6. The minimum Gasteiger partial charge on any atom is -0.472 e. The summed E-state index contributed by atoms with van der Waals surface area (Å²) in [6, 6.07) is 7.88. The summed E-state index contributed by atoms with van der Waals surface area (Å²) in [6.45, 7) is 1.87. The van der Waals surface area contributed by atoms with E-state index in [1.807, 2.05) is 6.07 Å². The fourth-order valence-electron chi connectivity index (χ4n) is 3.05. The van der Waals surface area contributed by atoms with E-state index in [1.165, 1.54) is 11.1 Å². The Morgan fingerprint density at radius 1 is 1.27 bits per heavy atom. The Morgan fingerprint density at radius 2 is 2.23 bits per heavy atom. The van der Waals surface area contributed by atoms with Gasteiger partial charge in [-0.25, -0.2) is 0 Å². The van der Waals surface area contributed by atoms with Gasteiger partial charge >= 0.3 is 0 Å². The normalized spacial score (nSPS) is 13.8. The smallest absolute Gasteiger partial charge is 0.227 e. The Hall–Kier alpha value is -2.93. The lowest BCUT2D eigenvalue weighted by molar-refractivity contribution is -0.116. The van der Waals surface area contributed by atoms with E-state index in [0.717, 1.165) is 37.2 Å². The predicted molar refractivity (Wildman–Crippen MR) is 95.4 cm³/mol. The summed E-state index contributed by atoms with van der Waals surface area (Å²) in [7, 11) is 0. The zero-order valence-corrected chi connectivity index (χ0v) is 14.3. The number of rotatable bonds is 5. The first-order valence-electron chi connectivity index (χ1n) is 8.75. The molecule has 0 spiro atoms. The maximum atomic E-state index is 12.2. The van der Waals surface area contributed by atoms with Gasteiger partial charge in [-0.15, -0.1) is 0 Å². The first-order valence-corrected chi connectivity index (χ1v) is 8.75. The van der Waals surface area contributed by atoms with E-state index < -0.39 is 0 Å². The summed E-state index contributed by atoms with van der Waals surface area (Å²) in [5, 5.41) is 10.2. The van der Waals surface area contributed by atoms with Gasteiger partial charge in [-0.05, 0) is 48.7 Å². The van der Waals surface area contributed by atoms with Crippen molar-refractivity contribution in [3.8, 4) is 11.4 Å². The predicted octanol–water partition coefficient (Wildman–Crippen LogP) is 2.94. The van der Waals surface area contributed by atoms with Crippen LogP contribution in [-0.4, -0.2) is 22.6 Å². The summed E-state index contributed by atoms with van der Waals surface area (Å²) in [4.78, 5) is 16.5. The van der Waals surface area contributed by atoms with Gasteiger partial charge < -0.3 is 19.6 Å². The number of benzene rings is 1. The van der Waals surface area contributed by atoms with Gasteiger partial charge in [-0.1, -0.05) is 11.2 Å². The summed E-state index contributed by atoms with van der Waals surface area (Å²) in [5.74, 6) is 0.824. The van der Waals surface area contributed by atoms with Gasteiger partial charge in [-0.2, -0.15) is 4.98 Å². The van der Waals surface area contributed by atoms with Crippen molar-refractivity contribution in [1.82, 2.24) is 15.5 Å². The molecular formula is C19H20N4O3. The standard InChI is InChI=1S/C19H20N4O3/c24-17(5-6-18-22-19(23-26-18)14-7-9-25-12-14)21-16-4-3-13-2-1-8-20-11-15(13)10-16/h3-4,7,9-10,12,20H,1-2,5-6,8,11H2,(H,21,24). The molecular weight excluding hydrogens is 332 g/mol. The molecule has 1 amide bonds. The number of aryl methyl sites for hydroxylation is 2. The van der Waals surface area contributed by atoms with Crippen LogP contribution in [0.3, 0.4) is 0 Å². The van der Waals surface area contributed by atoms with Gasteiger partial charge in [0.05, 0.1) is 11.8 Å². The lowest BCUT2D eigenvalue weighted by atomic mass is 10.0. The van der Waals surface area contributed by atoms with Crippen molar-refractivity contribution >= 4 is 11.6 Å². The van der Waals surface area contributed by atoms with Crippen LogP contribution in [0.25, 0.3) is 11.4 Å². The number of anilines is 1. The lowest BCUT2D eigenvalue weighted by Gasteiger charge is -2.10. The molecule has 1 aliphatic rings. The molecule has 0 radical (unpaired) electrons. The Kier molecular flexibility index (Phi) is 4.79. The second-order valence-electron chi connectivity index (χ2n) is 6.34. The maximum absolute atomic E-state index is 12.2. The molecule has 4 rings (SSSR count). The van der Waals surface area contributed by atoms with Gasteiger partial charge in [0.1, 0.15) is 6.26 Å². The monoisotopic (exact) mass is 352 g/mol. The number of carbonyl (C=O) groups excluding carboxylic acids is 1. The van der Waals surface area contributed by atoms with E-state index >= 15 is 0 Å². The van der Waals surface area contributed by atoms with Crippen molar-refractivity contribution in [2.75, 3.05) is 11.9 Å². The second-order valence-corrected chi connectivity index (χ2v) is 6.34. The summed E-state index contributed by atoms with van der Waals surface area (Å²) in [6.07, 6.45) is 5.99. The summed E-state index contributed by atoms with van der Waals surface area (Å²) in [5.41, 5.74) is 4.18. The van der Waals surface area contributed by atoms with Crippen molar-refractivity contribution in [1.29, 1.82) is 0 Å². The van der Waals surface area contributed by atoms with Crippen molar-refractivity contribution in [3.63, 3.8) is 0 Å². The third-order valence-electron chi connectivity index (χ3n) is 4.42. The highest BCUT2D eigenvalue weighted by atomic mass is 16.5. The molecule has 0 atom stereocenters. The van der Waals surface area contributed by atoms with Crippen molar-refractivity contribution in [2.45, 2.75) is 32.2 Å². The molecule has 0 saturated heterocycles. The van der Waals surface area contributed by atoms with Crippen LogP contribution >= 0.6 is 0 Å². The third-order valence-corrected chi connectivity index (χ3v) is 4.42. The highest BCUT2D eigenvalue weighted by Crippen LogP contribution is 2.20. The molecule has 0 bridgehead atoms. The summed E-state index contributed by atoms with van der Waals surface area (Å²) >= 11 is 0. The Labute approximate surface area is 150 Å². The minimum atomic E-state index is -0.0745. The Bertz CT molecular complexity index is 886. The van der Waals surface area contributed by atoms with Crippen LogP contribution in [-0.2, 0) is 24.2 Å². The molecule has 134 valence electrons. The highest BCUT2D eigenvalue weighted by Gasteiger charge is 2.13. The number of carbonyl (C=O) groups is 1. The first kappa shape index (κ1) is 16.5. The molecule has 2 aromatic heterocycles. The molecule has 0 fully saturated rings. The van der Waals surface area contributed by atoms with Crippen LogP contribution in [0.5, 0.6) is 0 Å². The van der Waals surface area contributed by atoms with Crippen molar-refractivity contribution < 1.29 is 13.7 Å². The average molecular weight is 352 g/mol. The second kappa shape index (κ2) is 7.53. The SMILES string of the molecule is O=C(CCc1nc(-c2ccoc2)no1)Nc1ccc2c(c1)CNCCC2. The highest BCUT2D eigenvalue weighted by molar-refractivity contribution is 5.90. The summed E-state index contributed by atoms with van der Waals surface area (Å²) < 4.78 is 10.2. The van der Waals surface area contributed by atoms with E-state index in [4.69, 9.17) is 8.94 Å². The number of fused-ring (bicyclic) bond motifs is 1. The zero-order valence-electron chi connectivity index (χ0n) is 14.3. The number of hydrogen-bond donors (Lipinski definition) is 2. The molecule has 3 heterocycles.